The van der Waals surface area contributed by atoms with Crippen LogP contribution in [0.5, 0.6) is 0 Å². The molecule has 1 fully saturated rings. The van der Waals surface area contributed by atoms with Crippen molar-refractivity contribution in [3.8, 4) is 0 Å². The first-order valence-corrected chi connectivity index (χ1v) is 7.59. The molecule has 1 aromatic heterocycles. The molecule has 1 aromatic rings. The number of aromatic nitrogens is 1. The van der Waals surface area contributed by atoms with Crippen molar-refractivity contribution in [2.75, 3.05) is 25.5 Å². The molecule has 2 rings (SSSR count). The van der Waals surface area contributed by atoms with Crippen molar-refractivity contribution in [2.45, 2.75) is 17.6 Å². The Labute approximate surface area is 104 Å². The number of nitrogen functional groups attached to an aromatic ring is 1. The SMILES string of the molecule is Cc1nc(N)sc1S(=O)(=O)NCC1CCOC1. The van der Waals surface area contributed by atoms with Crippen LogP contribution >= 0.6 is 11.3 Å². The quantitative estimate of drug-likeness (QED) is 0.828. The first-order chi connectivity index (χ1) is 7.99. The van der Waals surface area contributed by atoms with E-state index in [-0.39, 0.29) is 15.3 Å². The number of anilines is 1. The standard InChI is InChI=1S/C9H15N3O3S2/c1-6-8(16-9(10)12-6)17(13,14)11-4-7-2-3-15-5-7/h7,11H,2-5H2,1H3,(H2,10,12). The molecule has 0 amide bonds. The van der Waals surface area contributed by atoms with Gasteiger partial charge in [0.25, 0.3) is 10.0 Å². The zero-order valence-corrected chi connectivity index (χ0v) is 11.1. The van der Waals surface area contributed by atoms with Crippen LogP contribution in [0.3, 0.4) is 0 Å². The maximum absolute atomic E-state index is 12.0. The van der Waals surface area contributed by atoms with Gasteiger partial charge >= 0.3 is 0 Å². The van der Waals surface area contributed by atoms with Crippen LogP contribution in [0, 0.1) is 12.8 Å². The lowest BCUT2D eigenvalue weighted by molar-refractivity contribution is 0.186. The Morgan fingerprint density at radius 2 is 2.41 bits per heavy atom. The van der Waals surface area contributed by atoms with Crippen molar-refractivity contribution in [2.24, 2.45) is 5.92 Å². The van der Waals surface area contributed by atoms with E-state index in [1.165, 1.54) is 0 Å². The highest BCUT2D eigenvalue weighted by Crippen LogP contribution is 2.24. The van der Waals surface area contributed by atoms with Gasteiger partial charge in [0.05, 0.1) is 12.3 Å². The molecule has 0 bridgehead atoms. The van der Waals surface area contributed by atoms with Gasteiger partial charge in [-0.1, -0.05) is 11.3 Å². The molecular formula is C9H15N3O3S2. The third-order valence-electron chi connectivity index (χ3n) is 2.60. The van der Waals surface area contributed by atoms with Gasteiger partial charge in [-0.25, -0.2) is 18.1 Å². The molecule has 1 unspecified atom stereocenters. The predicted molar refractivity (Wildman–Crippen MR) is 65.4 cm³/mol. The Balaban J connectivity index is 2.05. The second kappa shape index (κ2) is 4.89. The molecule has 1 aliphatic rings. The summed E-state index contributed by atoms with van der Waals surface area (Å²) in [5, 5.41) is 0.270. The minimum absolute atomic E-state index is 0.203. The highest BCUT2D eigenvalue weighted by Gasteiger charge is 2.23. The molecule has 3 N–H and O–H groups in total. The number of nitrogens with two attached hydrogens (primary N) is 1. The molecule has 17 heavy (non-hydrogen) atoms. The van der Waals surface area contributed by atoms with Crippen LogP contribution in [0.1, 0.15) is 12.1 Å². The van der Waals surface area contributed by atoms with Crippen molar-refractivity contribution in [1.82, 2.24) is 9.71 Å². The summed E-state index contributed by atoms with van der Waals surface area (Å²) in [5.74, 6) is 0.260. The maximum atomic E-state index is 12.0. The summed E-state index contributed by atoms with van der Waals surface area (Å²) in [4.78, 5) is 3.91. The van der Waals surface area contributed by atoms with Gasteiger partial charge in [-0.2, -0.15) is 0 Å². The highest BCUT2D eigenvalue weighted by atomic mass is 32.2. The van der Waals surface area contributed by atoms with Gasteiger partial charge in [0.1, 0.15) is 0 Å². The van der Waals surface area contributed by atoms with Crippen molar-refractivity contribution >= 4 is 26.5 Å². The van der Waals surface area contributed by atoms with Gasteiger partial charge in [-0.05, 0) is 19.3 Å². The van der Waals surface area contributed by atoms with Crippen LogP contribution < -0.4 is 10.5 Å². The van der Waals surface area contributed by atoms with E-state index < -0.39 is 10.0 Å². The molecule has 96 valence electrons. The number of hydrogen-bond donors (Lipinski definition) is 2. The number of thiazole rings is 1. The number of aryl methyl sites for hydroxylation is 1. The smallest absolute Gasteiger partial charge is 0.252 e. The molecule has 1 aliphatic heterocycles. The Bertz CT molecular complexity index is 492. The Kier molecular flexibility index (Phi) is 3.67. The molecule has 0 radical (unpaired) electrons. The van der Waals surface area contributed by atoms with Gasteiger partial charge in [0.2, 0.25) is 0 Å². The topological polar surface area (TPSA) is 94.3 Å². The van der Waals surface area contributed by atoms with Gasteiger partial charge in [-0.3, -0.25) is 0 Å². The molecule has 6 nitrogen and oxygen atoms in total. The van der Waals surface area contributed by atoms with Gasteiger partial charge in [0, 0.05) is 13.2 Å². The van der Waals surface area contributed by atoms with Crippen LogP contribution in [0.4, 0.5) is 5.13 Å². The summed E-state index contributed by atoms with van der Waals surface area (Å²) in [7, 11) is -3.49. The minimum atomic E-state index is -3.49. The largest absolute Gasteiger partial charge is 0.381 e. The van der Waals surface area contributed by atoms with Crippen LogP contribution in [0.25, 0.3) is 0 Å². The van der Waals surface area contributed by atoms with E-state index in [1.54, 1.807) is 6.92 Å². The molecule has 0 saturated carbocycles. The molecule has 0 spiro atoms. The number of sulfonamides is 1. The fraction of sp³-hybridized carbons (Fsp3) is 0.667. The number of nitrogens with one attached hydrogen (secondary N) is 1. The monoisotopic (exact) mass is 277 g/mol. The van der Waals surface area contributed by atoms with E-state index in [1.807, 2.05) is 0 Å². The lowest BCUT2D eigenvalue weighted by Gasteiger charge is -2.09. The Hall–Kier alpha value is -0.700. The van der Waals surface area contributed by atoms with E-state index in [0.717, 1.165) is 17.8 Å². The Morgan fingerprint density at radius 1 is 1.65 bits per heavy atom. The molecule has 1 saturated heterocycles. The number of nitrogens with zero attached hydrogens (tertiary/aromatic N) is 1. The fourth-order valence-corrected chi connectivity index (χ4v) is 4.15. The van der Waals surface area contributed by atoms with Crippen molar-refractivity contribution in [3.05, 3.63) is 5.69 Å². The summed E-state index contributed by atoms with van der Waals surface area (Å²) < 4.78 is 31.9. The van der Waals surface area contributed by atoms with Gasteiger partial charge in [0.15, 0.2) is 9.34 Å². The molecule has 1 atom stereocenters. The molecule has 0 aliphatic carbocycles. The van der Waals surface area contributed by atoms with E-state index in [2.05, 4.69) is 9.71 Å². The van der Waals surface area contributed by atoms with Crippen LogP contribution in [-0.2, 0) is 14.8 Å². The lowest BCUT2D eigenvalue weighted by Crippen LogP contribution is -2.29. The van der Waals surface area contributed by atoms with E-state index >= 15 is 0 Å². The first-order valence-electron chi connectivity index (χ1n) is 5.29. The van der Waals surface area contributed by atoms with E-state index in [4.69, 9.17) is 10.5 Å². The summed E-state index contributed by atoms with van der Waals surface area (Å²) in [6, 6.07) is 0. The first kappa shape index (κ1) is 12.7. The molecule has 0 aromatic carbocycles. The fourth-order valence-electron chi connectivity index (χ4n) is 1.69. The van der Waals surface area contributed by atoms with Crippen molar-refractivity contribution in [3.63, 3.8) is 0 Å². The Morgan fingerprint density at radius 3 is 2.94 bits per heavy atom. The summed E-state index contributed by atoms with van der Waals surface area (Å²) in [5.41, 5.74) is 5.94. The average molecular weight is 277 g/mol. The zero-order chi connectivity index (χ0) is 12.5. The number of rotatable bonds is 4. The molecule has 2 heterocycles. The van der Waals surface area contributed by atoms with Crippen LogP contribution in [-0.4, -0.2) is 33.2 Å². The van der Waals surface area contributed by atoms with Crippen LogP contribution in [0.15, 0.2) is 4.21 Å². The van der Waals surface area contributed by atoms with Gasteiger partial charge in [-0.15, -0.1) is 0 Å². The third-order valence-corrected chi connectivity index (χ3v) is 5.62. The second-order valence-electron chi connectivity index (χ2n) is 4.01. The van der Waals surface area contributed by atoms with Crippen molar-refractivity contribution in [1.29, 1.82) is 0 Å². The summed E-state index contributed by atoms with van der Waals surface area (Å²) in [6.45, 7) is 3.37. The van der Waals surface area contributed by atoms with E-state index in [9.17, 15) is 8.42 Å². The normalized spacial score (nSPS) is 20.9. The summed E-state index contributed by atoms with van der Waals surface area (Å²) >= 11 is 0.989. The maximum Gasteiger partial charge on any atom is 0.252 e. The minimum Gasteiger partial charge on any atom is -0.381 e. The van der Waals surface area contributed by atoms with Crippen LogP contribution in [0.2, 0.25) is 0 Å². The highest BCUT2D eigenvalue weighted by molar-refractivity contribution is 7.91. The average Bonchev–Trinajstić information content (AvgIpc) is 2.85. The number of ether oxygens (including phenoxy) is 1. The number of hydrogen-bond acceptors (Lipinski definition) is 6. The molecular weight excluding hydrogens is 262 g/mol. The van der Waals surface area contributed by atoms with Gasteiger partial charge < -0.3 is 10.5 Å². The lowest BCUT2D eigenvalue weighted by atomic mass is 10.1. The molecule has 8 heteroatoms. The summed E-state index contributed by atoms with van der Waals surface area (Å²) in [6.07, 6.45) is 0.895. The third kappa shape index (κ3) is 2.95. The predicted octanol–water partition coefficient (Wildman–Crippen LogP) is 0.349. The second-order valence-corrected chi connectivity index (χ2v) is 7.00. The zero-order valence-electron chi connectivity index (χ0n) is 9.47. The van der Waals surface area contributed by atoms with E-state index in [0.29, 0.717) is 25.5 Å². The van der Waals surface area contributed by atoms with Crippen molar-refractivity contribution < 1.29 is 13.2 Å².